The molecule has 0 amide bonds. The minimum atomic E-state index is 0.375. The van der Waals surface area contributed by atoms with E-state index in [0.717, 1.165) is 32.1 Å². The lowest BCUT2D eigenvalue weighted by molar-refractivity contribution is -0.122. The molecule has 1 aromatic rings. The monoisotopic (exact) mass is 302 g/mol. The molecular formula is C19H26O3. The number of carbonyl (C=O) groups excluding carboxylic acids is 1. The van der Waals surface area contributed by atoms with Gasteiger partial charge in [0.25, 0.3) is 0 Å². The fraction of sp³-hybridized carbons (Fsp3) is 0.632. The molecular weight excluding hydrogens is 276 g/mol. The second-order valence-electron chi connectivity index (χ2n) is 6.95. The SMILES string of the molecule is COC.O=C1CC[C@H]2[C@@H]3CCc4cc(O)ccc4[C@H]3CC[C@H]12. The summed E-state index contributed by atoms with van der Waals surface area (Å²) in [6, 6.07) is 5.89. The number of ketones is 1. The molecule has 0 aromatic heterocycles. The fourth-order valence-electron chi connectivity index (χ4n) is 4.99. The van der Waals surface area contributed by atoms with Crippen LogP contribution in [0.1, 0.15) is 49.1 Å². The number of benzene rings is 1. The minimum absolute atomic E-state index is 0.375. The molecule has 4 rings (SSSR count). The van der Waals surface area contributed by atoms with Gasteiger partial charge in [-0.1, -0.05) is 6.07 Å². The number of phenolic OH excluding ortho intramolecular Hbond substituents is 1. The van der Waals surface area contributed by atoms with Crippen molar-refractivity contribution in [2.75, 3.05) is 14.2 Å². The third-order valence-electron chi connectivity index (χ3n) is 5.78. The van der Waals surface area contributed by atoms with E-state index in [0.29, 0.717) is 35.2 Å². The third-order valence-corrected chi connectivity index (χ3v) is 5.78. The number of rotatable bonds is 0. The van der Waals surface area contributed by atoms with Gasteiger partial charge in [0.15, 0.2) is 0 Å². The summed E-state index contributed by atoms with van der Waals surface area (Å²) < 4.78 is 4.25. The quantitative estimate of drug-likeness (QED) is 0.795. The Labute approximate surface area is 132 Å². The molecule has 0 unspecified atom stereocenters. The van der Waals surface area contributed by atoms with Crippen LogP contribution in [-0.4, -0.2) is 25.1 Å². The number of aryl methyl sites for hydroxylation is 1. The second-order valence-corrected chi connectivity index (χ2v) is 6.95. The molecule has 22 heavy (non-hydrogen) atoms. The van der Waals surface area contributed by atoms with Gasteiger partial charge in [-0.25, -0.2) is 0 Å². The maximum absolute atomic E-state index is 11.9. The Kier molecular flexibility index (Phi) is 4.53. The summed E-state index contributed by atoms with van der Waals surface area (Å²) >= 11 is 0. The van der Waals surface area contributed by atoms with E-state index >= 15 is 0 Å². The minimum Gasteiger partial charge on any atom is -0.508 e. The number of hydrogen-bond acceptors (Lipinski definition) is 3. The zero-order valence-electron chi connectivity index (χ0n) is 13.5. The van der Waals surface area contributed by atoms with Crippen molar-refractivity contribution in [3.63, 3.8) is 0 Å². The first-order valence-corrected chi connectivity index (χ1v) is 8.40. The summed E-state index contributed by atoms with van der Waals surface area (Å²) in [4.78, 5) is 11.9. The molecule has 3 aliphatic rings. The zero-order valence-corrected chi connectivity index (χ0v) is 13.5. The van der Waals surface area contributed by atoms with Crippen molar-refractivity contribution in [2.24, 2.45) is 17.8 Å². The van der Waals surface area contributed by atoms with Gasteiger partial charge in [-0.3, -0.25) is 4.79 Å². The van der Waals surface area contributed by atoms with Crippen molar-refractivity contribution >= 4 is 5.78 Å². The summed E-state index contributed by atoms with van der Waals surface area (Å²) in [5.74, 6) is 3.29. The molecule has 0 aliphatic heterocycles. The van der Waals surface area contributed by atoms with Crippen LogP contribution in [0.5, 0.6) is 5.75 Å². The summed E-state index contributed by atoms with van der Waals surface area (Å²) in [7, 11) is 3.25. The highest BCUT2D eigenvalue weighted by molar-refractivity contribution is 5.83. The molecule has 4 atom stereocenters. The van der Waals surface area contributed by atoms with Gasteiger partial charge in [0, 0.05) is 26.6 Å². The molecule has 120 valence electrons. The molecule has 2 saturated carbocycles. The van der Waals surface area contributed by atoms with Gasteiger partial charge in [-0.2, -0.15) is 0 Å². The van der Waals surface area contributed by atoms with Crippen molar-refractivity contribution < 1.29 is 14.6 Å². The number of carbonyl (C=O) groups is 1. The Balaban J connectivity index is 0.000000446. The normalized spacial score (nSPS) is 32.4. The molecule has 3 aliphatic carbocycles. The molecule has 0 heterocycles. The van der Waals surface area contributed by atoms with Crippen LogP contribution in [-0.2, 0) is 16.0 Å². The van der Waals surface area contributed by atoms with Gasteiger partial charge in [0.2, 0.25) is 0 Å². The van der Waals surface area contributed by atoms with E-state index in [-0.39, 0.29) is 0 Å². The van der Waals surface area contributed by atoms with Gasteiger partial charge in [-0.15, -0.1) is 0 Å². The first-order chi connectivity index (χ1) is 10.7. The highest BCUT2D eigenvalue weighted by Gasteiger charge is 2.47. The van der Waals surface area contributed by atoms with Crippen LogP contribution in [0.4, 0.5) is 0 Å². The maximum Gasteiger partial charge on any atom is 0.136 e. The standard InChI is InChI=1S/C17H20O2.C2H6O/c18-11-2-4-12-10(9-11)1-3-14-13(12)5-6-16-15(14)7-8-17(16)19;1-3-2/h2,4,9,13-16,18H,1,3,5-8H2;1-2H3/t13-,14-,15+,16+;/m1./s1. The lowest BCUT2D eigenvalue weighted by Gasteiger charge is -2.43. The van der Waals surface area contributed by atoms with Gasteiger partial charge in [0.1, 0.15) is 11.5 Å². The molecule has 3 heteroatoms. The number of aromatic hydroxyl groups is 1. The van der Waals surface area contributed by atoms with Crippen LogP contribution in [0.2, 0.25) is 0 Å². The predicted molar refractivity (Wildman–Crippen MR) is 86.0 cm³/mol. The molecule has 2 fully saturated rings. The van der Waals surface area contributed by atoms with E-state index < -0.39 is 0 Å². The predicted octanol–water partition coefficient (Wildman–Crippen LogP) is 3.69. The van der Waals surface area contributed by atoms with E-state index in [1.54, 1.807) is 14.2 Å². The Hall–Kier alpha value is -1.35. The van der Waals surface area contributed by atoms with Crippen LogP contribution >= 0.6 is 0 Å². The van der Waals surface area contributed by atoms with Gasteiger partial charge < -0.3 is 9.84 Å². The number of methoxy groups -OCH3 is 1. The number of ether oxygens (including phenoxy) is 1. The molecule has 0 bridgehead atoms. The number of fused-ring (bicyclic) bond motifs is 5. The second kappa shape index (κ2) is 6.41. The Morgan fingerprint density at radius 2 is 1.64 bits per heavy atom. The Morgan fingerprint density at radius 1 is 1.00 bits per heavy atom. The molecule has 0 spiro atoms. The van der Waals surface area contributed by atoms with E-state index in [1.165, 1.54) is 17.5 Å². The third kappa shape index (κ3) is 2.67. The van der Waals surface area contributed by atoms with E-state index in [4.69, 9.17) is 0 Å². The average Bonchev–Trinajstić information content (AvgIpc) is 2.89. The molecule has 1 aromatic carbocycles. The molecule has 3 nitrogen and oxygen atoms in total. The molecule has 0 radical (unpaired) electrons. The van der Waals surface area contributed by atoms with Crippen molar-refractivity contribution in [2.45, 2.75) is 44.4 Å². The number of Topliss-reactive ketones (excluding diaryl/α,β-unsaturated/α-hetero) is 1. The first-order valence-electron chi connectivity index (χ1n) is 8.40. The van der Waals surface area contributed by atoms with Crippen LogP contribution in [0.3, 0.4) is 0 Å². The number of phenols is 1. The Morgan fingerprint density at radius 3 is 2.41 bits per heavy atom. The zero-order chi connectivity index (χ0) is 15.7. The van der Waals surface area contributed by atoms with Crippen LogP contribution in [0.25, 0.3) is 0 Å². The van der Waals surface area contributed by atoms with E-state index in [1.807, 2.05) is 12.1 Å². The van der Waals surface area contributed by atoms with Crippen LogP contribution in [0, 0.1) is 17.8 Å². The van der Waals surface area contributed by atoms with Crippen molar-refractivity contribution in [3.05, 3.63) is 29.3 Å². The highest BCUT2D eigenvalue weighted by atomic mass is 16.4. The number of hydrogen-bond donors (Lipinski definition) is 1. The van der Waals surface area contributed by atoms with E-state index in [2.05, 4.69) is 10.8 Å². The molecule has 0 saturated heterocycles. The van der Waals surface area contributed by atoms with Crippen LogP contribution in [0.15, 0.2) is 18.2 Å². The van der Waals surface area contributed by atoms with Gasteiger partial charge in [0.05, 0.1) is 0 Å². The van der Waals surface area contributed by atoms with Crippen molar-refractivity contribution in [1.82, 2.24) is 0 Å². The fourth-order valence-corrected chi connectivity index (χ4v) is 4.99. The summed E-state index contributed by atoms with van der Waals surface area (Å²) in [6.45, 7) is 0. The summed E-state index contributed by atoms with van der Waals surface area (Å²) in [5.41, 5.74) is 2.79. The maximum atomic E-state index is 11.9. The smallest absolute Gasteiger partial charge is 0.136 e. The molecule has 1 N–H and O–H groups in total. The summed E-state index contributed by atoms with van der Waals surface area (Å²) in [5, 5.41) is 9.62. The Bertz CT molecular complexity index is 552. The van der Waals surface area contributed by atoms with Gasteiger partial charge in [-0.05, 0) is 73.1 Å². The topological polar surface area (TPSA) is 46.5 Å². The van der Waals surface area contributed by atoms with Crippen molar-refractivity contribution in [1.29, 1.82) is 0 Å². The van der Waals surface area contributed by atoms with Gasteiger partial charge >= 0.3 is 0 Å². The summed E-state index contributed by atoms with van der Waals surface area (Å²) in [6.07, 6.45) is 6.47. The van der Waals surface area contributed by atoms with Crippen LogP contribution < -0.4 is 0 Å². The van der Waals surface area contributed by atoms with Crippen molar-refractivity contribution in [3.8, 4) is 5.75 Å². The van der Waals surface area contributed by atoms with E-state index in [9.17, 15) is 9.90 Å². The largest absolute Gasteiger partial charge is 0.508 e. The lowest BCUT2D eigenvalue weighted by atomic mass is 9.61. The highest BCUT2D eigenvalue weighted by Crippen LogP contribution is 2.54. The average molecular weight is 302 g/mol. The lowest BCUT2D eigenvalue weighted by Crippen LogP contribution is -2.35. The first kappa shape index (κ1) is 15.5.